The van der Waals surface area contributed by atoms with Crippen molar-refractivity contribution in [2.45, 2.75) is 88.6 Å². The second-order valence-electron chi connectivity index (χ2n) is 7.69. The molecule has 2 aliphatic carbocycles. The molecule has 5 heteroatoms. The summed E-state index contributed by atoms with van der Waals surface area (Å²) in [6.45, 7) is 1.72. The van der Waals surface area contributed by atoms with E-state index in [4.69, 9.17) is 14.2 Å². The molecule has 2 atom stereocenters. The Hall–Kier alpha value is -0.650. The molecule has 0 spiro atoms. The zero-order valence-corrected chi connectivity index (χ0v) is 15.0. The highest BCUT2D eigenvalue weighted by atomic mass is 16.5. The molecule has 3 aliphatic rings. The van der Waals surface area contributed by atoms with Gasteiger partial charge in [0.2, 0.25) is 0 Å². The van der Waals surface area contributed by atoms with Crippen LogP contribution in [0.3, 0.4) is 0 Å². The summed E-state index contributed by atoms with van der Waals surface area (Å²) < 4.78 is 17.2. The van der Waals surface area contributed by atoms with E-state index in [-0.39, 0.29) is 11.9 Å². The summed E-state index contributed by atoms with van der Waals surface area (Å²) in [5.74, 6) is 0.0151. The smallest absolute Gasteiger partial charge is 0.308 e. The Bertz CT molecular complexity index is 389. The number of hydrogen-bond acceptors (Lipinski definition) is 5. The molecule has 1 aliphatic heterocycles. The van der Waals surface area contributed by atoms with Crippen molar-refractivity contribution in [2.24, 2.45) is 5.92 Å². The first kappa shape index (κ1) is 18.2. The Morgan fingerprint density at radius 3 is 2.42 bits per heavy atom. The predicted octanol–water partition coefficient (Wildman–Crippen LogP) is 2.81. The van der Waals surface area contributed by atoms with E-state index in [0.29, 0.717) is 24.4 Å². The van der Waals surface area contributed by atoms with Crippen molar-refractivity contribution in [1.29, 1.82) is 0 Å². The van der Waals surface area contributed by atoms with Crippen LogP contribution in [-0.4, -0.2) is 50.6 Å². The van der Waals surface area contributed by atoms with E-state index in [9.17, 15) is 4.79 Å². The largest absolute Gasteiger partial charge is 0.469 e. The molecule has 1 heterocycles. The van der Waals surface area contributed by atoms with Gasteiger partial charge in [0.05, 0.1) is 37.9 Å². The van der Waals surface area contributed by atoms with E-state index in [1.54, 1.807) is 0 Å². The summed E-state index contributed by atoms with van der Waals surface area (Å²) >= 11 is 0. The monoisotopic (exact) mass is 339 g/mol. The number of carbonyl (C=O) groups is 1. The molecule has 138 valence electrons. The highest BCUT2D eigenvalue weighted by molar-refractivity contribution is 5.72. The van der Waals surface area contributed by atoms with Gasteiger partial charge in [-0.25, -0.2) is 0 Å². The van der Waals surface area contributed by atoms with Crippen LogP contribution in [0.15, 0.2) is 0 Å². The molecule has 0 unspecified atom stereocenters. The Labute approximate surface area is 145 Å². The fraction of sp³-hybridized carbons (Fsp3) is 0.947. The molecule has 0 amide bonds. The number of rotatable bonds is 6. The van der Waals surface area contributed by atoms with Crippen molar-refractivity contribution in [3.05, 3.63) is 0 Å². The maximum atomic E-state index is 11.6. The lowest BCUT2D eigenvalue weighted by Gasteiger charge is -2.28. The molecule has 0 aromatic rings. The number of carbonyl (C=O) groups excluding carboxylic acids is 1. The van der Waals surface area contributed by atoms with Gasteiger partial charge >= 0.3 is 5.97 Å². The fourth-order valence-corrected chi connectivity index (χ4v) is 4.37. The van der Waals surface area contributed by atoms with Crippen LogP contribution >= 0.6 is 0 Å². The van der Waals surface area contributed by atoms with Crippen LogP contribution in [0.5, 0.6) is 0 Å². The number of methoxy groups -OCH3 is 1. The summed E-state index contributed by atoms with van der Waals surface area (Å²) in [6.07, 6.45) is 12.4. The van der Waals surface area contributed by atoms with E-state index >= 15 is 0 Å². The maximum absolute atomic E-state index is 11.6. The zero-order chi connectivity index (χ0) is 16.8. The Kier molecular flexibility index (Phi) is 6.93. The van der Waals surface area contributed by atoms with Gasteiger partial charge in [0.25, 0.3) is 0 Å². The Morgan fingerprint density at radius 2 is 1.71 bits per heavy atom. The van der Waals surface area contributed by atoms with E-state index in [2.05, 4.69) is 5.32 Å². The first-order valence-electron chi connectivity index (χ1n) is 9.83. The van der Waals surface area contributed by atoms with Gasteiger partial charge in [-0.05, 0) is 44.9 Å². The van der Waals surface area contributed by atoms with E-state index in [1.165, 1.54) is 39.2 Å². The molecule has 0 aromatic heterocycles. The van der Waals surface area contributed by atoms with Crippen LogP contribution in [-0.2, 0) is 19.0 Å². The molecule has 0 radical (unpaired) electrons. The van der Waals surface area contributed by atoms with Crippen LogP contribution in [0.2, 0.25) is 0 Å². The van der Waals surface area contributed by atoms with Crippen molar-refractivity contribution in [3.63, 3.8) is 0 Å². The predicted molar refractivity (Wildman–Crippen MR) is 91.9 cm³/mol. The lowest BCUT2D eigenvalue weighted by atomic mass is 9.87. The van der Waals surface area contributed by atoms with Gasteiger partial charge in [0.15, 0.2) is 0 Å². The van der Waals surface area contributed by atoms with Crippen LogP contribution in [0, 0.1) is 5.92 Å². The average Bonchev–Trinajstić information content (AvgIpc) is 3.08. The lowest BCUT2D eigenvalue weighted by molar-refractivity contribution is -0.147. The molecule has 24 heavy (non-hydrogen) atoms. The molecule has 0 aromatic carbocycles. The van der Waals surface area contributed by atoms with Gasteiger partial charge in [-0.2, -0.15) is 0 Å². The highest BCUT2D eigenvalue weighted by Gasteiger charge is 2.30. The Morgan fingerprint density at radius 1 is 0.958 bits per heavy atom. The molecule has 1 saturated heterocycles. The van der Waals surface area contributed by atoms with Crippen molar-refractivity contribution < 1.29 is 19.0 Å². The quantitative estimate of drug-likeness (QED) is 0.754. The standard InChI is InChI=1S/C19H33NO4/c1-22-19(21)14-7-9-16(10-8-14)23-13-15-11-18(12-20-15)24-17-5-3-2-4-6-17/h14-18,20H,2-13H2,1H3/t14?,15-,16?,18-/m0/s1. The van der Waals surface area contributed by atoms with Crippen molar-refractivity contribution in [2.75, 3.05) is 20.3 Å². The third-order valence-corrected chi connectivity index (χ3v) is 5.86. The first-order valence-corrected chi connectivity index (χ1v) is 9.83. The summed E-state index contributed by atoms with van der Waals surface area (Å²) in [6, 6.07) is 0.414. The maximum Gasteiger partial charge on any atom is 0.308 e. The van der Waals surface area contributed by atoms with Crippen molar-refractivity contribution in [3.8, 4) is 0 Å². The van der Waals surface area contributed by atoms with Crippen LogP contribution < -0.4 is 5.32 Å². The lowest BCUT2D eigenvalue weighted by Crippen LogP contribution is -2.32. The molecule has 0 bridgehead atoms. The number of esters is 1. The minimum atomic E-state index is -0.0615. The topological polar surface area (TPSA) is 56.8 Å². The third-order valence-electron chi connectivity index (χ3n) is 5.86. The summed E-state index contributed by atoms with van der Waals surface area (Å²) in [5.41, 5.74) is 0. The first-order chi connectivity index (χ1) is 11.7. The van der Waals surface area contributed by atoms with E-state index in [1.807, 2.05) is 0 Å². The minimum absolute atomic E-state index is 0.0615. The summed E-state index contributed by atoms with van der Waals surface area (Å²) in [4.78, 5) is 11.6. The second kappa shape index (κ2) is 9.16. The summed E-state index contributed by atoms with van der Waals surface area (Å²) in [7, 11) is 1.47. The molecular weight excluding hydrogens is 306 g/mol. The minimum Gasteiger partial charge on any atom is -0.469 e. The summed E-state index contributed by atoms with van der Waals surface area (Å²) in [5, 5.41) is 3.55. The van der Waals surface area contributed by atoms with Gasteiger partial charge in [-0.15, -0.1) is 0 Å². The number of hydrogen-bond donors (Lipinski definition) is 1. The highest BCUT2D eigenvalue weighted by Crippen LogP contribution is 2.28. The van der Waals surface area contributed by atoms with Gasteiger partial charge < -0.3 is 19.5 Å². The van der Waals surface area contributed by atoms with Gasteiger partial charge in [-0.1, -0.05) is 19.3 Å². The van der Waals surface area contributed by atoms with E-state index in [0.717, 1.165) is 45.3 Å². The molecular formula is C19H33NO4. The second-order valence-corrected chi connectivity index (χ2v) is 7.69. The molecule has 3 fully saturated rings. The van der Waals surface area contributed by atoms with Crippen molar-refractivity contribution in [1.82, 2.24) is 5.32 Å². The van der Waals surface area contributed by atoms with Gasteiger partial charge in [0.1, 0.15) is 0 Å². The molecule has 1 N–H and O–H groups in total. The van der Waals surface area contributed by atoms with Crippen LogP contribution in [0.4, 0.5) is 0 Å². The SMILES string of the molecule is COC(=O)C1CCC(OC[C@@H]2C[C@H](OC3CCCCC3)CN2)CC1. The molecule has 3 rings (SSSR count). The molecule has 5 nitrogen and oxygen atoms in total. The number of nitrogens with one attached hydrogen (secondary N) is 1. The van der Waals surface area contributed by atoms with Crippen molar-refractivity contribution >= 4 is 5.97 Å². The van der Waals surface area contributed by atoms with E-state index < -0.39 is 0 Å². The van der Waals surface area contributed by atoms with Gasteiger partial charge in [-0.3, -0.25) is 4.79 Å². The molecule has 2 saturated carbocycles. The normalized spacial score (nSPS) is 35.0. The average molecular weight is 339 g/mol. The zero-order valence-electron chi connectivity index (χ0n) is 15.0. The number of ether oxygens (including phenoxy) is 3. The third kappa shape index (κ3) is 5.17. The van der Waals surface area contributed by atoms with Crippen LogP contribution in [0.1, 0.15) is 64.2 Å². The fourth-order valence-electron chi connectivity index (χ4n) is 4.37. The Balaban J connectivity index is 1.30. The van der Waals surface area contributed by atoms with Crippen LogP contribution in [0.25, 0.3) is 0 Å². The van der Waals surface area contributed by atoms with Gasteiger partial charge in [0, 0.05) is 12.6 Å².